The van der Waals surface area contributed by atoms with Gasteiger partial charge in [-0.1, -0.05) is 0 Å². The predicted octanol–water partition coefficient (Wildman–Crippen LogP) is 4.39. The van der Waals surface area contributed by atoms with Crippen molar-refractivity contribution in [2.75, 3.05) is 231 Å². The smallest absolute Gasteiger partial charge is 0.394 e. The highest BCUT2D eigenvalue weighted by Gasteiger charge is 2.90. The topological polar surface area (TPSA) is 177 Å². The van der Waals surface area contributed by atoms with E-state index in [1.807, 2.05) is 0 Å². The first-order valence-electron chi connectivity index (χ1n) is 23.2. The third-order valence-electron chi connectivity index (χ3n) is 8.75. The van der Waals surface area contributed by atoms with E-state index < -0.39 is 55.4 Å². The first kappa shape index (κ1) is 71.4. The van der Waals surface area contributed by atoms with Crippen LogP contribution < -0.4 is 0 Å². The minimum Gasteiger partial charge on any atom is -0.394 e. The van der Waals surface area contributed by atoms with Crippen molar-refractivity contribution in [3.8, 4) is 0 Å². The number of aliphatic hydroxyl groups excluding tert-OH is 1. The number of hydrogen-bond donors (Lipinski definition) is 1. The van der Waals surface area contributed by atoms with Gasteiger partial charge in [0.2, 0.25) is 0 Å². The van der Waals surface area contributed by atoms with Crippen molar-refractivity contribution >= 4 is 0 Å². The number of rotatable bonds is 57. The molecule has 0 heterocycles. The van der Waals surface area contributed by atoms with Gasteiger partial charge >= 0.3 is 35.8 Å². The van der Waals surface area contributed by atoms with E-state index in [0.29, 0.717) is 165 Å². The fourth-order valence-corrected chi connectivity index (χ4v) is 4.84. The fourth-order valence-electron chi connectivity index (χ4n) is 4.84. The molecule has 0 aromatic rings. The molecular weight excluding hydrogens is 1040 g/mol. The third kappa shape index (κ3) is 34.0. The molecule has 0 bridgehead atoms. The molecule has 0 rings (SSSR count). The summed E-state index contributed by atoms with van der Waals surface area (Å²) < 4.78 is 261. The van der Waals surface area contributed by atoms with E-state index in [-0.39, 0.29) is 52.9 Å². The van der Waals surface area contributed by atoms with Crippen molar-refractivity contribution in [1.29, 1.82) is 0 Å². The van der Waals surface area contributed by atoms with E-state index in [9.17, 15) is 57.1 Å². The summed E-state index contributed by atoms with van der Waals surface area (Å²) in [5.41, 5.74) is 0. The number of halogens is 13. The maximum absolute atomic E-state index is 13.7. The van der Waals surface area contributed by atoms with Crippen LogP contribution in [0.3, 0.4) is 0 Å². The van der Waals surface area contributed by atoms with Gasteiger partial charge in [0.25, 0.3) is 0 Å². The van der Waals surface area contributed by atoms with Crippen LogP contribution in [0.15, 0.2) is 0 Å². The van der Waals surface area contributed by atoms with Crippen LogP contribution in [0, 0.1) is 0 Å². The van der Waals surface area contributed by atoms with Crippen molar-refractivity contribution in [1.82, 2.24) is 0 Å². The summed E-state index contributed by atoms with van der Waals surface area (Å²) in [5, 5.41) is 8.59. The highest BCUT2D eigenvalue weighted by atomic mass is 19.4. The van der Waals surface area contributed by atoms with Crippen molar-refractivity contribution in [3.05, 3.63) is 0 Å². The van der Waals surface area contributed by atoms with Crippen LogP contribution in [-0.2, 0) is 80.5 Å². The second-order valence-corrected chi connectivity index (χ2v) is 14.4. The summed E-state index contributed by atoms with van der Waals surface area (Å²) in [4.78, 5) is 0. The zero-order valence-corrected chi connectivity index (χ0v) is 40.8. The Morgan fingerprint density at radius 2 is 0.342 bits per heavy atom. The molecule has 1 N–H and O–H groups in total. The SMILES string of the molecule is OCCOCCOCCOCCOCCOCCOCCOCCOCCOCCOCCOCCOCCOCCOCCOCCOCCOCCC(F)(F)C(F)(F)C(F)(F)C(F)(F)C(F)(F)C(F)(F)F. The average Bonchev–Trinajstić information content (AvgIpc) is 3.33. The number of aliphatic hydroxyl groups is 1. The molecule has 0 saturated carbocycles. The van der Waals surface area contributed by atoms with Crippen LogP contribution in [0.25, 0.3) is 0 Å². The second-order valence-electron chi connectivity index (χ2n) is 14.4. The Labute approximate surface area is 416 Å². The molecule has 0 fully saturated rings. The summed E-state index contributed by atoms with van der Waals surface area (Å²) in [6.07, 6.45) is -9.89. The van der Waals surface area contributed by atoms with E-state index in [1.165, 1.54) is 0 Å². The molecular formula is C42H73F13O18. The Morgan fingerprint density at radius 3 is 0.507 bits per heavy atom. The van der Waals surface area contributed by atoms with Gasteiger partial charge in [-0.05, 0) is 0 Å². The van der Waals surface area contributed by atoms with Crippen LogP contribution in [0.1, 0.15) is 6.42 Å². The first-order valence-corrected chi connectivity index (χ1v) is 23.2. The number of ether oxygens (including phenoxy) is 17. The van der Waals surface area contributed by atoms with Crippen molar-refractivity contribution in [2.45, 2.75) is 42.2 Å². The molecule has 73 heavy (non-hydrogen) atoms. The lowest BCUT2D eigenvalue weighted by Crippen LogP contribution is -2.70. The molecule has 0 atom stereocenters. The molecule has 18 nitrogen and oxygen atoms in total. The van der Waals surface area contributed by atoms with Crippen LogP contribution in [-0.4, -0.2) is 272 Å². The molecule has 0 aliphatic rings. The second kappa shape index (κ2) is 44.4. The molecule has 0 amide bonds. The Bertz CT molecular complexity index is 1230. The van der Waals surface area contributed by atoms with Crippen LogP contribution >= 0.6 is 0 Å². The van der Waals surface area contributed by atoms with Gasteiger partial charge in [0.1, 0.15) is 0 Å². The maximum Gasteiger partial charge on any atom is 0.460 e. The predicted molar refractivity (Wildman–Crippen MR) is 226 cm³/mol. The van der Waals surface area contributed by atoms with E-state index in [1.54, 1.807) is 0 Å². The van der Waals surface area contributed by atoms with Crippen molar-refractivity contribution in [2.24, 2.45) is 0 Å². The summed E-state index contributed by atoms with van der Waals surface area (Å²) in [5.74, 6) is -37.0. The summed E-state index contributed by atoms with van der Waals surface area (Å²) in [6.45, 7) is 8.72. The van der Waals surface area contributed by atoms with Crippen molar-refractivity contribution < 1.29 is 143 Å². The summed E-state index contributed by atoms with van der Waals surface area (Å²) >= 11 is 0. The third-order valence-corrected chi connectivity index (χ3v) is 8.75. The Hall–Kier alpha value is -1.63. The highest BCUT2D eigenvalue weighted by Crippen LogP contribution is 2.60. The minimum absolute atomic E-state index is 0.00283. The Morgan fingerprint density at radius 1 is 0.192 bits per heavy atom. The van der Waals surface area contributed by atoms with E-state index >= 15 is 0 Å². The van der Waals surface area contributed by atoms with Crippen LogP contribution in [0.2, 0.25) is 0 Å². The zero-order valence-electron chi connectivity index (χ0n) is 40.8. The number of hydrogen-bond acceptors (Lipinski definition) is 18. The van der Waals surface area contributed by atoms with E-state index in [4.69, 9.17) is 80.9 Å². The molecule has 0 spiro atoms. The first-order chi connectivity index (χ1) is 34.8. The van der Waals surface area contributed by atoms with Gasteiger partial charge in [-0.25, -0.2) is 0 Å². The molecule has 0 aliphatic heterocycles. The monoisotopic (exact) mass is 1110 g/mol. The standard InChI is InChI=1S/C42H73F13O18/c43-37(44,38(45,46)39(47,48)40(49,50)41(51,52)42(53,54)55)1-3-57-5-7-59-9-11-61-13-15-63-17-19-65-21-23-67-25-27-69-29-31-71-33-35-73-36-34-72-32-30-70-28-26-68-24-22-66-20-18-64-16-14-62-12-10-60-8-6-58-4-2-56/h56H,1-36H2. The van der Waals surface area contributed by atoms with Crippen LogP contribution in [0.4, 0.5) is 57.1 Å². The molecule has 0 unspecified atom stereocenters. The average molecular weight is 1110 g/mol. The normalized spacial score (nSPS) is 13.2. The van der Waals surface area contributed by atoms with Gasteiger partial charge in [-0.15, -0.1) is 0 Å². The summed E-state index contributed by atoms with van der Waals surface area (Å²) in [6, 6.07) is 0. The quantitative estimate of drug-likeness (QED) is 0.0670. The highest BCUT2D eigenvalue weighted by molar-refractivity contribution is 5.10. The molecule has 0 aliphatic carbocycles. The lowest BCUT2D eigenvalue weighted by Gasteiger charge is -2.39. The fraction of sp³-hybridized carbons (Fsp3) is 1.00. The van der Waals surface area contributed by atoms with Gasteiger partial charge in [-0.2, -0.15) is 57.1 Å². The van der Waals surface area contributed by atoms with Gasteiger partial charge in [0.05, 0.1) is 231 Å². The molecule has 0 aromatic carbocycles. The molecule has 0 aromatic heterocycles. The number of alkyl halides is 13. The van der Waals surface area contributed by atoms with Crippen LogP contribution in [0.5, 0.6) is 0 Å². The minimum atomic E-state index is -7.93. The van der Waals surface area contributed by atoms with Crippen molar-refractivity contribution in [3.63, 3.8) is 0 Å². The largest absolute Gasteiger partial charge is 0.460 e. The van der Waals surface area contributed by atoms with E-state index in [2.05, 4.69) is 4.74 Å². The lowest BCUT2D eigenvalue weighted by atomic mass is 9.93. The van der Waals surface area contributed by atoms with E-state index in [0.717, 1.165) is 0 Å². The lowest BCUT2D eigenvalue weighted by molar-refractivity contribution is -0.440. The van der Waals surface area contributed by atoms with Gasteiger partial charge in [0.15, 0.2) is 0 Å². The van der Waals surface area contributed by atoms with Gasteiger partial charge in [-0.3, -0.25) is 0 Å². The molecule has 440 valence electrons. The van der Waals surface area contributed by atoms with Gasteiger partial charge < -0.3 is 85.6 Å². The molecule has 0 saturated heterocycles. The Balaban J connectivity index is 3.39. The molecule has 0 radical (unpaired) electrons. The molecule has 31 heteroatoms. The Kier molecular flexibility index (Phi) is 43.4. The summed E-state index contributed by atoms with van der Waals surface area (Å²) in [7, 11) is 0. The van der Waals surface area contributed by atoms with Gasteiger partial charge in [0, 0.05) is 6.42 Å². The zero-order chi connectivity index (χ0) is 54.5. The maximum atomic E-state index is 13.7.